The third-order valence-corrected chi connectivity index (χ3v) is 1.82. The number of hydrogen-bond acceptors (Lipinski definition) is 2. The molecule has 2 nitrogen and oxygen atoms in total. The van der Waals surface area contributed by atoms with Crippen molar-refractivity contribution in [1.29, 1.82) is 0 Å². The molecule has 0 aliphatic rings. The van der Waals surface area contributed by atoms with E-state index < -0.39 is 0 Å². The van der Waals surface area contributed by atoms with Crippen molar-refractivity contribution >= 4 is 0 Å². The van der Waals surface area contributed by atoms with E-state index >= 15 is 0 Å². The second-order valence-electron chi connectivity index (χ2n) is 3.01. The van der Waals surface area contributed by atoms with E-state index in [2.05, 4.69) is 13.2 Å². The minimum Gasteiger partial charge on any atom is -0.489 e. The van der Waals surface area contributed by atoms with Crippen LogP contribution >= 0.6 is 0 Å². The molecule has 0 atom stereocenters. The SMILES string of the molecule is C=CCOCc1ccccc1OCC=C. The number of rotatable bonds is 7. The van der Waals surface area contributed by atoms with Crippen molar-refractivity contribution in [3.05, 3.63) is 55.1 Å². The fourth-order valence-corrected chi connectivity index (χ4v) is 1.16. The van der Waals surface area contributed by atoms with Gasteiger partial charge >= 0.3 is 0 Å². The Bertz CT molecular complexity index is 318. The van der Waals surface area contributed by atoms with Crippen LogP contribution in [0.4, 0.5) is 0 Å². The normalized spacial score (nSPS) is 9.60. The van der Waals surface area contributed by atoms with Crippen LogP contribution in [-0.2, 0) is 11.3 Å². The molecule has 0 radical (unpaired) electrons. The summed E-state index contributed by atoms with van der Waals surface area (Å²) in [7, 11) is 0. The van der Waals surface area contributed by atoms with E-state index in [0.717, 1.165) is 11.3 Å². The number of para-hydroxylation sites is 1. The van der Waals surface area contributed by atoms with Gasteiger partial charge in [-0.2, -0.15) is 0 Å². The van der Waals surface area contributed by atoms with Crippen LogP contribution in [0.5, 0.6) is 5.75 Å². The zero-order valence-electron chi connectivity index (χ0n) is 8.82. The Hall–Kier alpha value is -1.54. The van der Waals surface area contributed by atoms with Gasteiger partial charge in [-0.3, -0.25) is 0 Å². The molecular formula is C13H16O2. The van der Waals surface area contributed by atoms with E-state index in [1.165, 1.54) is 0 Å². The van der Waals surface area contributed by atoms with Crippen molar-refractivity contribution in [2.45, 2.75) is 6.61 Å². The quantitative estimate of drug-likeness (QED) is 0.502. The third kappa shape index (κ3) is 4.00. The lowest BCUT2D eigenvalue weighted by atomic mass is 10.2. The monoisotopic (exact) mass is 204 g/mol. The minimum atomic E-state index is 0.512. The lowest BCUT2D eigenvalue weighted by molar-refractivity contribution is 0.146. The summed E-state index contributed by atoms with van der Waals surface area (Å²) in [5.74, 6) is 0.849. The molecule has 1 aromatic rings. The van der Waals surface area contributed by atoms with Crippen molar-refractivity contribution in [1.82, 2.24) is 0 Å². The van der Waals surface area contributed by atoms with Gasteiger partial charge in [0, 0.05) is 5.56 Å². The van der Waals surface area contributed by atoms with Crippen LogP contribution < -0.4 is 4.74 Å². The predicted octanol–water partition coefficient (Wildman–Crippen LogP) is 2.95. The second kappa shape index (κ2) is 6.85. The minimum absolute atomic E-state index is 0.512. The van der Waals surface area contributed by atoms with E-state index in [0.29, 0.717) is 19.8 Å². The summed E-state index contributed by atoms with van der Waals surface area (Å²) in [6.07, 6.45) is 3.45. The molecule has 0 heterocycles. The highest BCUT2D eigenvalue weighted by molar-refractivity contribution is 5.32. The topological polar surface area (TPSA) is 18.5 Å². The lowest BCUT2D eigenvalue weighted by Gasteiger charge is -2.09. The molecule has 0 aromatic heterocycles. The predicted molar refractivity (Wildman–Crippen MR) is 62.0 cm³/mol. The maximum absolute atomic E-state index is 5.49. The maximum Gasteiger partial charge on any atom is 0.125 e. The molecule has 80 valence electrons. The van der Waals surface area contributed by atoms with Crippen LogP contribution in [0.15, 0.2) is 49.6 Å². The van der Waals surface area contributed by atoms with Gasteiger partial charge in [-0.15, -0.1) is 6.58 Å². The molecule has 0 saturated carbocycles. The molecule has 1 rings (SSSR count). The zero-order chi connectivity index (χ0) is 10.9. The van der Waals surface area contributed by atoms with Gasteiger partial charge in [-0.25, -0.2) is 0 Å². The summed E-state index contributed by atoms with van der Waals surface area (Å²) < 4.78 is 10.9. The van der Waals surface area contributed by atoms with Crippen LogP contribution in [0.1, 0.15) is 5.56 Å². The fraction of sp³-hybridized carbons (Fsp3) is 0.231. The standard InChI is InChI=1S/C13H16O2/c1-3-9-14-11-12-7-5-6-8-13(12)15-10-4-2/h3-8H,1-2,9-11H2. The third-order valence-electron chi connectivity index (χ3n) is 1.82. The molecule has 0 saturated heterocycles. The molecule has 0 aliphatic carbocycles. The van der Waals surface area contributed by atoms with Crippen LogP contribution in [0.2, 0.25) is 0 Å². The van der Waals surface area contributed by atoms with Crippen molar-refractivity contribution in [2.24, 2.45) is 0 Å². The Morgan fingerprint density at radius 1 is 1.07 bits per heavy atom. The zero-order valence-corrected chi connectivity index (χ0v) is 8.82. The largest absolute Gasteiger partial charge is 0.489 e. The second-order valence-corrected chi connectivity index (χ2v) is 3.01. The number of benzene rings is 1. The van der Waals surface area contributed by atoms with Gasteiger partial charge in [0.2, 0.25) is 0 Å². The van der Waals surface area contributed by atoms with Gasteiger partial charge in [0.05, 0.1) is 13.2 Å². The Morgan fingerprint density at radius 2 is 1.80 bits per heavy atom. The highest BCUT2D eigenvalue weighted by Crippen LogP contribution is 2.18. The summed E-state index contributed by atoms with van der Waals surface area (Å²) in [6.45, 7) is 8.81. The summed E-state index contributed by atoms with van der Waals surface area (Å²) in [5, 5.41) is 0. The lowest BCUT2D eigenvalue weighted by Crippen LogP contribution is -1.99. The van der Waals surface area contributed by atoms with Crippen LogP contribution in [-0.4, -0.2) is 13.2 Å². The van der Waals surface area contributed by atoms with E-state index in [1.54, 1.807) is 12.2 Å². The van der Waals surface area contributed by atoms with Crippen LogP contribution in [0.25, 0.3) is 0 Å². The highest BCUT2D eigenvalue weighted by Gasteiger charge is 2.01. The molecule has 1 aromatic carbocycles. The highest BCUT2D eigenvalue weighted by atomic mass is 16.5. The molecular weight excluding hydrogens is 188 g/mol. The van der Waals surface area contributed by atoms with Crippen LogP contribution in [0, 0.1) is 0 Å². The van der Waals surface area contributed by atoms with Gasteiger partial charge in [0.1, 0.15) is 12.4 Å². The molecule has 0 spiro atoms. The first kappa shape index (κ1) is 11.5. The van der Waals surface area contributed by atoms with E-state index in [9.17, 15) is 0 Å². The molecule has 0 unspecified atom stereocenters. The van der Waals surface area contributed by atoms with Gasteiger partial charge in [-0.1, -0.05) is 36.9 Å². The molecule has 15 heavy (non-hydrogen) atoms. The summed E-state index contributed by atoms with van der Waals surface area (Å²) in [6, 6.07) is 7.82. The smallest absolute Gasteiger partial charge is 0.125 e. The Labute approximate surface area is 90.8 Å². The van der Waals surface area contributed by atoms with E-state index in [4.69, 9.17) is 9.47 Å². The van der Waals surface area contributed by atoms with E-state index in [1.807, 2.05) is 24.3 Å². The average Bonchev–Trinajstić information content (AvgIpc) is 2.28. The first-order valence-corrected chi connectivity index (χ1v) is 4.88. The van der Waals surface area contributed by atoms with Crippen molar-refractivity contribution in [3.8, 4) is 5.75 Å². The van der Waals surface area contributed by atoms with Gasteiger partial charge in [0.25, 0.3) is 0 Å². The number of hydrogen-bond donors (Lipinski definition) is 0. The van der Waals surface area contributed by atoms with Gasteiger partial charge in [0.15, 0.2) is 0 Å². The first-order chi connectivity index (χ1) is 7.38. The summed E-state index contributed by atoms with van der Waals surface area (Å²) in [5.41, 5.74) is 1.04. The molecule has 0 N–H and O–H groups in total. The fourth-order valence-electron chi connectivity index (χ4n) is 1.16. The van der Waals surface area contributed by atoms with Gasteiger partial charge in [-0.05, 0) is 6.07 Å². The molecule has 2 heteroatoms. The van der Waals surface area contributed by atoms with Crippen molar-refractivity contribution < 1.29 is 9.47 Å². The first-order valence-electron chi connectivity index (χ1n) is 4.88. The Morgan fingerprint density at radius 3 is 2.53 bits per heavy atom. The number of ether oxygens (including phenoxy) is 2. The van der Waals surface area contributed by atoms with Crippen LogP contribution in [0.3, 0.4) is 0 Å². The van der Waals surface area contributed by atoms with Crippen molar-refractivity contribution in [3.63, 3.8) is 0 Å². The van der Waals surface area contributed by atoms with E-state index in [-0.39, 0.29) is 0 Å². The molecule has 0 bridgehead atoms. The summed E-state index contributed by atoms with van der Waals surface area (Å²) >= 11 is 0. The van der Waals surface area contributed by atoms with Crippen molar-refractivity contribution in [2.75, 3.05) is 13.2 Å². The Kier molecular flexibility index (Phi) is 5.26. The van der Waals surface area contributed by atoms with Gasteiger partial charge < -0.3 is 9.47 Å². The Balaban J connectivity index is 2.59. The molecule has 0 fully saturated rings. The maximum atomic E-state index is 5.49. The average molecular weight is 204 g/mol. The molecule has 0 aliphatic heterocycles. The molecule has 0 amide bonds. The summed E-state index contributed by atoms with van der Waals surface area (Å²) in [4.78, 5) is 0.